The van der Waals surface area contributed by atoms with Gasteiger partial charge < -0.3 is 4.74 Å². The Bertz CT molecular complexity index is 537. The van der Waals surface area contributed by atoms with E-state index in [2.05, 4.69) is 15.9 Å². The van der Waals surface area contributed by atoms with Gasteiger partial charge in [-0.2, -0.15) is 0 Å². The van der Waals surface area contributed by atoms with Crippen molar-refractivity contribution >= 4 is 31.7 Å². The fourth-order valence-corrected chi connectivity index (χ4v) is 3.48. The number of sulfone groups is 1. The van der Waals surface area contributed by atoms with Crippen LogP contribution in [0.4, 0.5) is 0 Å². The van der Waals surface area contributed by atoms with Crippen LogP contribution in [-0.2, 0) is 19.4 Å². The number of carbonyl (C=O) groups excluding carboxylic acids is 1. The predicted molar refractivity (Wildman–Crippen MR) is 72.2 cm³/mol. The van der Waals surface area contributed by atoms with E-state index in [-0.39, 0.29) is 23.7 Å². The van der Waals surface area contributed by atoms with Gasteiger partial charge in [-0.3, -0.25) is 4.79 Å². The normalized spacial score (nSPS) is 11.3. The Morgan fingerprint density at radius 1 is 1.39 bits per heavy atom. The highest BCUT2D eigenvalue weighted by Gasteiger charge is 2.19. The number of carbonyl (C=O) groups is 1. The van der Waals surface area contributed by atoms with Crippen molar-refractivity contribution in [3.8, 4) is 0 Å². The lowest BCUT2D eigenvalue weighted by molar-refractivity contribution is -0.142. The zero-order valence-electron chi connectivity index (χ0n) is 10.3. The van der Waals surface area contributed by atoms with Crippen LogP contribution in [0.2, 0.25) is 0 Å². The molecule has 6 heteroatoms. The maximum absolute atomic E-state index is 12.0. The molecule has 0 aliphatic carbocycles. The van der Waals surface area contributed by atoms with Crippen LogP contribution >= 0.6 is 15.9 Å². The minimum absolute atomic E-state index is 0.119. The van der Waals surface area contributed by atoms with Gasteiger partial charge in [0, 0.05) is 4.47 Å². The van der Waals surface area contributed by atoms with E-state index in [9.17, 15) is 13.2 Å². The second-order valence-corrected chi connectivity index (χ2v) is 6.78. The average Bonchev–Trinajstić information content (AvgIpc) is 2.26. The lowest BCUT2D eigenvalue weighted by Crippen LogP contribution is -2.14. The fraction of sp³-hybridized carbons (Fsp3) is 0.417. The van der Waals surface area contributed by atoms with Crippen molar-refractivity contribution in [1.82, 2.24) is 0 Å². The second kappa shape index (κ2) is 6.33. The first-order valence-corrected chi connectivity index (χ1v) is 7.96. The van der Waals surface area contributed by atoms with E-state index in [1.807, 2.05) is 0 Å². The lowest BCUT2D eigenvalue weighted by Gasteiger charge is -2.07. The molecule has 100 valence electrons. The van der Waals surface area contributed by atoms with Gasteiger partial charge in [0.15, 0.2) is 9.84 Å². The lowest BCUT2D eigenvalue weighted by atomic mass is 10.2. The third-order valence-electron chi connectivity index (χ3n) is 2.35. The zero-order valence-corrected chi connectivity index (χ0v) is 12.7. The minimum atomic E-state index is -3.44. The topological polar surface area (TPSA) is 60.4 Å². The molecule has 0 N–H and O–H groups in total. The first-order chi connectivity index (χ1) is 8.36. The summed E-state index contributed by atoms with van der Waals surface area (Å²) in [4.78, 5) is 11.4. The largest absolute Gasteiger partial charge is 0.466 e. The molecule has 1 aromatic carbocycles. The van der Waals surface area contributed by atoms with Crippen molar-refractivity contribution in [3.05, 3.63) is 28.2 Å². The van der Waals surface area contributed by atoms with Crippen LogP contribution < -0.4 is 0 Å². The standard InChI is InChI=1S/C12H15BrO4S/c1-3-17-12(14)6-7-18(15,16)11-5-4-10(13)8-9(11)2/h4-5,8H,3,6-7H2,1-2H3. The molecule has 0 saturated carbocycles. The van der Waals surface area contributed by atoms with Crippen LogP contribution in [0.1, 0.15) is 18.9 Å². The number of halogens is 1. The maximum atomic E-state index is 12.0. The monoisotopic (exact) mass is 334 g/mol. The number of rotatable bonds is 5. The predicted octanol–water partition coefficient (Wildman–Crippen LogP) is 2.48. The van der Waals surface area contributed by atoms with E-state index < -0.39 is 15.8 Å². The van der Waals surface area contributed by atoms with Crippen molar-refractivity contribution in [3.63, 3.8) is 0 Å². The molecule has 0 fully saturated rings. The molecule has 0 aromatic heterocycles. The number of ether oxygens (including phenoxy) is 1. The van der Waals surface area contributed by atoms with E-state index in [1.54, 1.807) is 32.0 Å². The number of benzene rings is 1. The van der Waals surface area contributed by atoms with Crippen LogP contribution in [0.3, 0.4) is 0 Å². The van der Waals surface area contributed by atoms with E-state index in [4.69, 9.17) is 4.74 Å². The van der Waals surface area contributed by atoms with Gasteiger partial charge in [-0.25, -0.2) is 8.42 Å². The molecule has 0 aliphatic heterocycles. The van der Waals surface area contributed by atoms with E-state index in [0.717, 1.165) is 4.47 Å². The Balaban J connectivity index is 2.83. The summed E-state index contributed by atoms with van der Waals surface area (Å²) in [5.74, 6) is -0.718. The van der Waals surface area contributed by atoms with Gasteiger partial charge in [-0.15, -0.1) is 0 Å². The Hall–Kier alpha value is -0.880. The highest BCUT2D eigenvalue weighted by molar-refractivity contribution is 9.10. The van der Waals surface area contributed by atoms with Crippen LogP contribution in [0.15, 0.2) is 27.6 Å². The Labute approximate surface area is 115 Å². The van der Waals surface area contributed by atoms with Gasteiger partial charge in [0.1, 0.15) is 0 Å². The fourth-order valence-electron chi connectivity index (χ4n) is 1.52. The van der Waals surface area contributed by atoms with E-state index in [0.29, 0.717) is 5.56 Å². The summed E-state index contributed by atoms with van der Waals surface area (Å²) in [6.45, 7) is 3.67. The van der Waals surface area contributed by atoms with Gasteiger partial charge in [0.2, 0.25) is 0 Å². The van der Waals surface area contributed by atoms with Crippen LogP contribution in [0.25, 0.3) is 0 Å². The molecule has 0 saturated heterocycles. The molecular formula is C12H15BrO4S. The molecule has 1 aromatic rings. The number of hydrogen-bond acceptors (Lipinski definition) is 4. The highest BCUT2D eigenvalue weighted by atomic mass is 79.9. The van der Waals surface area contributed by atoms with Crippen molar-refractivity contribution in [2.45, 2.75) is 25.2 Å². The van der Waals surface area contributed by atoms with Crippen LogP contribution in [0, 0.1) is 6.92 Å². The molecular weight excluding hydrogens is 320 g/mol. The number of hydrogen-bond donors (Lipinski definition) is 0. The van der Waals surface area contributed by atoms with Gasteiger partial charge in [0.05, 0.1) is 23.7 Å². The van der Waals surface area contributed by atoms with Gasteiger partial charge in [0.25, 0.3) is 0 Å². The summed E-state index contributed by atoms with van der Waals surface area (Å²) in [6.07, 6.45) is -0.119. The van der Waals surface area contributed by atoms with E-state index >= 15 is 0 Å². The molecule has 0 heterocycles. The molecule has 0 bridgehead atoms. The summed E-state index contributed by atoms with van der Waals surface area (Å²) >= 11 is 3.28. The van der Waals surface area contributed by atoms with Crippen molar-refractivity contribution in [1.29, 1.82) is 0 Å². The molecule has 18 heavy (non-hydrogen) atoms. The van der Waals surface area contributed by atoms with Gasteiger partial charge in [-0.1, -0.05) is 15.9 Å². The number of esters is 1. The maximum Gasteiger partial charge on any atom is 0.306 e. The summed E-state index contributed by atoms with van der Waals surface area (Å²) in [5, 5.41) is 0. The molecule has 0 unspecified atom stereocenters. The number of aryl methyl sites for hydroxylation is 1. The summed E-state index contributed by atoms with van der Waals surface area (Å²) < 4.78 is 29.6. The molecule has 0 spiro atoms. The molecule has 0 atom stereocenters. The molecule has 1 rings (SSSR count). The second-order valence-electron chi connectivity index (χ2n) is 3.78. The Morgan fingerprint density at radius 2 is 2.06 bits per heavy atom. The zero-order chi connectivity index (χ0) is 13.8. The first kappa shape index (κ1) is 15.2. The van der Waals surface area contributed by atoms with Gasteiger partial charge in [-0.05, 0) is 37.6 Å². The van der Waals surface area contributed by atoms with Crippen molar-refractivity contribution in [2.24, 2.45) is 0 Å². The average molecular weight is 335 g/mol. The SMILES string of the molecule is CCOC(=O)CCS(=O)(=O)c1ccc(Br)cc1C. The smallest absolute Gasteiger partial charge is 0.306 e. The molecule has 0 amide bonds. The summed E-state index contributed by atoms with van der Waals surface area (Å²) in [5.41, 5.74) is 0.660. The molecule has 4 nitrogen and oxygen atoms in total. The van der Waals surface area contributed by atoms with Gasteiger partial charge >= 0.3 is 5.97 Å². The third-order valence-corrected chi connectivity index (χ3v) is 4.72. The Morgan fingerprint density at radius 3 is 2.61 bits per heavy atom. The molecule has 0 radical (unpaired) electrons. The summed E-state index contributed by atoms with van der Waals surface area (Å²) in [7, 11) is -3.44. The van der Waals surface area contributed by atoms with Crippen LogP contribution in [0.5, 0.6) is 0 Å². The third kappa shape index (κ3) is 4.10. The quantitative estimate of drug-likeness (QED) is 0.776. The highest BCUT2D eigenvalue weighted by Crippen LogP contribution is 2.21. The minimum Gasteiger partial charge on any atom is -0.466 e. The van der Waals surface area contributed by atoms with E-state index in [1.165, 1.54) is 0 Å². The van der Waals surface area contributed by atoms with Crippen molar-refractivity contribution < 1.29 is 17.9 Å². The first-order valence-electron chi connectivity index (χ1n) is 5.51. The Kier molecular flexibility index (Phi) is 5.34. The summed E-state index contributed by atoms with van der Waals surface area (Å²) in [6, 6.07) is 4.95. The van der Waals surface area contributed by atoms with Crippen LogP contribution in [-0.4, -0.2) is 26.7 Å². The van der Waals surface area contributed by atoms with Crippen molar-refractivity contribution in [2.75, 3.05) is 12.4 Å². The molecule has 0 aliphatic rings.